The largest absolute Gasteiger partial charge is 0.486 e. The molecule has 0 amide bonds. The Balaban J connectivity index is 1.44. The number of nitriles is 1. The van der Waals surface area contributed by atoms with E-state index in [9.17, 15) is 5.26 Å². The minimum absolute atomic E-state index is 0.165. The Labute approximate surface area is 167 Å². The van der Waals surface area contributed by atoms with Crippen molar-refractivity contribution >= 4 is 5.88 Å². The maximum Gasteiger partial charge on any atom is 0.266 e. The van der Waals surface area contributed by atoms with Crippen molar-refractivity contribution in [3.8, 4) is 23.5 Å². The molecule has 0 aliphatic heterocycles. The first kappa shape index (κ1) is 18.3. The van der Waals surface area contributed by atoms with Gasteiger partial charge in [-0.05, 0) is 42.8 Å². The lowest BCUT2D eigenvalue weighted by atomic mass is 10.2. The Morgan fingerprint density at radius 3 is 2.72 bits per heavy atom. The summed E-state index contributed by atoms with van der Waals surface area (Å²) in [5.74, 6) is 2.34. The predicted octanol–water partition coefficient (Wildman–Crippen LogP) is 4.70. The van der Waals surface area contributed by atoms with Crippen LogP contribution in [0.2, 0.25) is 0 Å². The number of pyridine rings is 1. The summed E-state index contributed by atoms with van der Waals surface area (Å²) >= 11 is 0. The van der Waals surface area contributed by atoms with E-state index in [1.165, 1.54) is 5.56 Å². The van der Waals surface area contributed by atoms with Crippen molar-refractivity contribution in [3.05, 3.63) is 83.5 Å². The van der Waals surface area contributed by atoms with Gasteiger partial charge in [0.05, 0.1) is 0 Å². The van der Waals surface area contributed by atoms with Crippen molar-refractivity contribution in [1.82, 2.24) is 9.97 Å². The third-order valence-corrected chi connectivity index (χ3v) is 4.18. The lowest BCUT2D eigenvalue weighted by Gasteiger charge is -2.04. The topological polar surface area (TPSA) is 97.1 Å². The first-order valence-corrected chi connectivity index (χ1v) is 9.03. The van der Waals surface area contributed by atoms with Gasteiger partial charge in [0.1, 0.15) is 24.2 Å². The van der Waals surface area contributed by atoms with Gasteiger partial charge in [0.25, 0.3) is 5.89 Å². The molecule has 0 spiro atoms. The highest BCUT2D eigenvalue weighted by Gasteiger charge is 2.17. The molecule has 0 radical (unpaired) electrons. The summed E-state index contributed by atoms with van der Waals surface area (Å²) in [6, 6.07) is 17.1. The zero-order chi connectivity index (χ0) is 20.1. The van der Waals surface area contributed by atoms with E-state index in [0.717, 1.165) is 11.3 Å². The lowest BCUT2D eigenvalue weighted by Crippen LogP contribution is -1.99. The molecule has 3 heterocycles. The third kappa shape index (κ3) is 4.45. The van der Waals surface area contributed by atoms with Gasteiger partial charge in [-0.25, -0.2) is 0 Å². The van der Waals surface area contributed by atoms with Crippen molar-refractivity contribution in [2.24, 2.45) is 0 Å². The molecule has 0 saturated heterocycles. The van der Waals surface area contributed by atoms with Gasteiger partial charge < -0.3 is 18.9 Å². The Hall–Kier alpha value is -4.05. The van der Waals surface area contributed by atoms with E-state index < -0.39 is 0 Å². The van der Waals surface area contributed by atoms with E-state index in [1.807, 2.05) is 49.4 Å². The summed E-state index contributed by atoms with van der Waals surface area (Å²) in [5.41, 5.74) is 2.29. The Kier molecular flexibility index (Phi) is 5.25. The number of hydrogen-bond donors (Lipinski definition) is 1. The molecule has 0 aliphatic rings. The Morgan fingerprint density at radius 1 is 1.10 bits per heavy atom. The molecule has 4 aromatic rings. The van der Waals surface area contributed by atoms with Crippen LogP contribution in [0.5, 0.6) is 5.75 Å². The Morgan fingerprint density at radius 2 is 1.97 bits per heavy atom. The van der Waals surface area contributed by atoms with Crippen molar-refractivity contribution in [2.75, 3.05) is 5.32 Å². The number of hydrogen-bond acceptors (Lipinski definition) is 7. The van der Waals surface area contributed by atoms with Crippen LogP contribution in [0.25, 0.3) is 11.7 Å². The van der Waals surface area contributed by atoms with Crippen molar-refractivity contribution in [2.45, 2.75) is 20.1 Å². The van der Waals surface area contributed by atoms with E-state index >= 15 is 0 Å². The number of nitrogens with one attached hydrogen (secondary N) is 1. The molecule has 1 N–H and O–H groups in total. The summed E-state index contributed by atoms with van der Waals surface area (Å²) in [6.07, 6.45) is 3.44. The Bertz CT molecular complexity index is 1130. The molecule has 29 heavy (non-hydrogen) atoms. The number of benzene rings is 1. The second-order valence-corrected chi connectivity index (χ2v) is 6.39. The molecule has 0 aliphatic carbocycles. The maximum absolute atomic E-state index is 9.34. The van der Waals surface area contributed by atoms with Crippen LogP contribution < -0.4 is 10.1 Å². The number of oxazole rings is 1. The summed E-state index contributed by atoms with van der Waals surface area (Å²) in [6.45, 7) is 2.76. The van der Waals surface area contributed by atoms with E-state index in [4.69, 9.17) is 13.6 Å². The van der Waals surface area contributed by atoms with Crippen LogP contribution in [0.4, 0.5) is 5.88 Å². The van der Waals surface area contributed by atoms with Gasteiger partial charge in [-0.1, -0.05) is 23.8 Å². The van der Waals surface area contributed by atoms with E-state index in [-0.39, 0.29) is 18.2 Å². The van der Waals surface area contributed by atoms with Gasteiger partial charge in [-0.3, -0.25) is 4.98 Å². The highest BCUT2D eigenvalue weighted by molar-refractivity contribution is 5.54. The van der Waals surface area contributed by atoms with Crippen LogP contribution in [0.1, 0.15) is 22.6 Å². The van der Waals surface area contributed by atoms with Crippen LogP contribution in [0.3, 0.4) is 0 Å². The van der Waals surface area contributed by atoms with Crippen LogP contribution in [0.15, 0.2) is 69.8 Å². The molecule has 3 aromatic heterocycles. The van der Waals surface area contributed by atoms with Gasteiger partial charge in [-0.15, -0.1) is 0 Å². The van der Waals surface area contributed by atoms with Gasteiger partial charge in [0.2, 0.25) is 11.6 Å². The molecule has 144 valence electrons. The van der Waals surface area contributed by atoms with Crippen molar-refractivity contribution in [1.29, 1.82) is 5.26 Å². The van der Waals surface area contributed by atoms with Gasteiger partial charge in [0.15, 0.2) is 5.76 Å². The van der Waals surface area contributed by atoms with Crippen molar-refractivity contribution in [3.63, 3.8) is 0 Å². The van der Waals surface area contributed by atoms with Gasteiger partial charge in [-0.2, -0.15) is 10.2 Å². The van der Waals surface area contributed by atoms with Gasteiger partial charge in [0, 0.05) is 18.9 Å². The van der Waals surface area contributed by atoms with Crippen LogP contribution in [-0.4, -0.2) is 9.97 Å². The minimum Gasteiger partial charge on any atom is -0.486 e. The zero-order valence-electron chi connectivity index (χ0n) is 15.8. The molecule has 7 nitrogen and oxygen atoms in total. The molecular weight excluding hydrogens is 368 g/mol. The van der Waals surface area contributed by atoms with E-state index in [2.05, 4.69) is 15.3 Å². The highest BCUT2D eigenvalue weighted by atomic mass is 16.5. The fourth-order valence-corrected chi connectivity index (χ4v) is 2.67. The van der Waals surface area contributed by atoms with Crippen LogP contribution in [-0.2, 0) is 13.2 Å². The molecule has 4 rings (SSSR count). The molecule has 0 fully saturated rings. The number of ether oxygens (including phenoxy) is 1. The molecule has 0 saturated carbocycles. The second kappa shape index (κ2) is 8.31. The quantitative estimate of drug-likeness (QED) is 0.491. The summed E-state index contributed by atoms with van der Waals surface area (Å²) < 4.78 is 17.2. The molecule has 0 unspecified atom stereocenters. The number of aryl methyl sites for hydroxylation is 1. The first-order valence-electron chi connectivity index (χ1n) is 9.03. The maximum atomic E-state index is 9.34. The van der Waals surface area contributed by atoms with Crippen LogP contribution in [0, 0.1) is 18.3 Å². The summed E-state index contributed by atoms with van der Waals surface area (Å²) in [5, 5.41) is 12.4. The average Bonchev–Trinajstić information content (AvgIpc) is 3.39. The molecule has 0 atom stereocenters. The van der Waals surface area contributed by atoms with Crippen molar-refractivity contribution < 1.29 is 13.6 Å². The standard InChI is InChI=1S/C22H18N4O3/c1-15-4-6-17(7-5-15)27-14-18-8-9-20(28-18)22-26-19(11-23)21(29-22)25-13-16-3-2-10-24-12-16/h2-10,12,25H,13-14H2,1H3. The summed E-state index contributed by atoms with van der Waals surface area (Å²) in [7, 11) is 0. The first-order chi connectivity index (χ1) is 14.2. The smallest absolute Gasteiger partial charge is 0.266 e. The predicted molar refractivity (Wildman–Crippen MR) is 106 cm³/mol. The number of rotatable bonds is 7. The number of anilines is 1. The lowest BCUT2D eigenvalue weighted by molar-refractivity contribution is 0.271. The van der Waals surface area contributed by atoms with E-state index in [1.54, 1.807) is 24.5 Å². The third-order valence-electron chi connectivity index (χ3n) is 4.18. The fourth-order valence-electron chi connectivity index (χ4n) is 2.67. The molecule has 0 bridgehead atoms. The SMILES string of the molecule is Cc1ccc(OCc2ccc(-c3nc(C#N)c(NCc4cccnc4)o3)o2)cc1. The fraction of sp³-hybridized carbons (Fsp3) is 0.136. The summed E-state index contributed by atoms with van der Waals surface area (Å²) in [4.78, 5) is 8.27. The second-order valence-electron chi connectivity index (χ2n) is 6.39. The molecule has 7 heteroatoms. The zero-order valence-corrected chi connectivity index (χ0v) is 15.8. The minimum atomic E-state index is 0.165. The highest BCUT2D eigenvalue weighted by Crippen LogP contribution is 2.27. The number of nitrogens with zero attached hydrogens (tertiary/aromatic N) is 3. The molecule has 1 aromatic carbocycles. The average molecular weight is 386 g/mol. The van der Waals surface area contributed by atoms with E-state index in [0.29, 0.717) is 23.9 Å². The van der Waals surface area contributed by atoms with Gasteiger partial charge >= 0.3 is 0 Å². The molecular formula is C22H18N4O3. The number of aromatic nitrogens is 2. The normalized spacial score (nSPS) is 10.5. The van der Waals surface area contributed by atoms with Crippen LogP contribution >= 0.6 is 0 Å². The number of furan rings is 1. The monoisotopic (exact) mass is 386 g/mol.